The Kier molecular flexibility index (Phi) is 5.73. The van der Waals surface area contributed by atoms with Crippen LogP contribution in [0, 0.1) is 5.92 Å². The second-order valence-electron chi connectivity index (χ2n) is 6.01. The molecule has 124 valence electrons. The number of anilines is 1. The predicted octanol–water partition coefficient (Wildman–Crippen LogP) is 1.81. The quantitative estimate of drug-likeness (QED) is 0.772. The maximum atomic E-state index is 12.4. The number of rotatable bonds is 5. The maximum Gasteiger partial charge on any atom is 0.252 e. The lowest BCUT2D eigenvalue weighted by Gasteiger charge is -2.28. The molecule has 3 amide bonds. The molecule has 23 heavy (non-hydrogen) atoms. The van der Waals surface area contributed by atoms with E-state index < -0.39 is 11.9 Å². The van der Waals surface area contributed by atoms with Gasteiger partial charge in [0.2, 0.25) is 11.8 Å². The van der Waals surface area contributed by atoms with E-state index in [-0.39, 0.29) is 17.7 Å². The minimum absolute atomic E-state index is 0.101. The number of nitrogens with two attached hydrogens (primary N) is 1. The van der Waals surface area contributed by atoms with Gasteiger partial charge in [-0.3, -0.25) is 14.4 Å². The van der Waals surface area contributed by atoms with Gasteiger partial charge in [0.25, 0.3) is 5.91 Å². The smallest absolute Gasteiger partial charge is 0.252 e. The zero-order valence-electron chi connectivity index (χ0n) is 13.3. The molecule has 1 aliphatic rings. The van der Waals surface area contributed by atoms with Crippen LogP contribution in [0.1, 0.15) is 49.4 Å². The third kappa shape index (κ3) is 4.81. The molecule has 1 aliphatic carbocycles. The van der Waals surface area contributed by atoms with E-state index >= 15 is 0 Å². The Labute approximate surface area is 135 Å². The Morgan fingerprint density at radius 3 is 2.48 bits per heavy atom. The largest absolute Gasteiger partial charge is 0.368 e. The fourth-order valence-corrected chi connectivity index (χ4v) is 3.05. The summed E-state index contributed by atoms with van der Waals surface area (Å²) in [6.07, 6.45) is 5.08. The number of carbonyl (C=O) groups excluding carboxylic acids is 3. The fraction of sp³-hybridized carbons (Fsp3) is 0.471. The van der Waals surface area contributed by atoms with Crippen LogP contribution in [-0.2, 0) is 9.59 Å². The molecule has 6 nitrogen and oxygen atoms in total. The Balaban J connectivity index is 2.09. The lowest BCUT2D eigenvalue weighted by atomic mass is 9.83. The molecule has 0 bridgehead atoms. The van der Waals surface area contributed by atoms with Gasteiger partial charge in [-0.25, -0.2) is 0 Å². The summed E-state index contributed by atoms with van der Waals surface area (Å²) in [7, 11) is 0. The normalized spacial score (nSPS) is 16.4. The predicted molar refractivity (Wildman–Crippen MR) is 87.8 cm³/mol. The number of hydrogen-bond acceptors (Lipinski definition) is 3. The van der Waals surface area contributed by atoms with Crippen molar-refractivity contribution in [2.24, 2.45) is 11.7 Å². The number of carbonyl (C=O) groups is 3. The van der Waals surface area contributed by atoms with Gasteiger partial charge in [0.1, 0.15) is 6.04 Å². The van der Waals surface area contributed by atoms with E-state index in [2.05, 4.69) is 10.6 Å². The molecule has 0 spiro atoms. The van der Waals surface area contributed by atoms with Gasteiger partial charge in [-0.1, -0.05) is 25.3 Å². The number of hydrogen-bond donors (Lipinski definition) is 3. The van der Waals surface area contributed by atoms with Crippen molar-refractivity contribution in [2.45, 2.75) is 45.1 Å². The molecule has 6 heteroatoms. The van der Waals surface area contributed by atoms with Crippen molar-refractivity contribution in [1.82, 2.24) is 5.32 Å². The second kappa shape index (κ2) is 7.76. The van der Waals surface area contributed by atoms with Gasteiger partial charge in [-0.05, 0) is 37.0 Å². The SMILES string of the molecule is CC(=O)Nc1cccc(C(=O)N[C@@H](C(N)=O)C2CCCCC2)c1. The lowest BCUT2D eigenvalue weighted by Crippen LogP contribution is -2.49. The third-order valence-electron chi connectivity index (χ3n) is 4.16. The monoisotopic (exact) mass is 317 g/mol. The Morgan fingerprint density at radius 2 is 1.87 bits per heavy atom. The molecule has 0 unspecified atom stereocenters. The van der Waals surface area contributed by atoms with Crippen LogP contribution in [0.3, 0.4) is 0 Å². The van der Waals surface area contributed by atoms with Gasteiger partial charge in [-0.15, -0.1) is 0 Å². The van der Waals surface area contributed by atoms with Crippen LogP contribution >= 0.6 is 0 Å². The maximum absolute atomic E-state index is 12.4. The standard InChI is InChI=1S/C17H23N3O3/c1-11(21)19-14-9-5-8-13(10-14)17(23)20-15(16(18)22)12-6-3-2-4-7-12/h5,8-10,12,15H,2-4,6-7H2,1H3,(H2,18,22)(H,19,21)(H,20,23)/t15-/m1/s1. The van der Waals surface area contributed by atoms with Crippen molar-refractivity contribution in [3.05, 3.63) is 29.8 Å². The Bertz CT molecular complexity index is 595. The van der Waals surface area contributed by atoms with E-state index in [4.69, 9.17) is 5.73 Å². The van der Waals surface area contributed by atoms with Crippen LogP contribution in [-0.4, -0.2) is 23.8 Å². The van der Waals surface area contributed by atoms with Gasteiger partial charge < -0.3 is 16.4 Å². The molecule has 0 aliphatic heterocycles. The molecule has 1 atom stereocenters. The molecule has 2 rings (SSSR count). The van der Waals surface area contributed by atoms with Crippen LogP contribution in [0.15, 0.2) is 24.3 Å². The van der Waals surface area contributed by atoms with Gasteiger partial charge >= 0.3 is 0 Å². The highest BCUT2D eigenvalue weighted by Gasteiger charge is 2.29. The Morgan fingerprint density at radius 1 is 1.17 bits per heavy atom. The summed E-state index contributed by atoms with van der Waals surface area (Å²) < 4.78 is 0. The van der Waals surface area contributed by atoms with Crippen molar-refractivity contribution in [3.8, 4) is 0 Å². The molecule has 1 saturated carbocycles. The van der Waals surface area contributed by atoms with Crippen LogP contribution < -0.4 is 16.4 Å². The summed E-state index contributed by atoms with van der Waals surface area (Å²) >= 11 is 0. The van der Waals surface area contributed by atoms with Crippen LogP contribution in [0.5, 0.6) is 0 Å². The number of nitrogens with one attached hydrogen (secondary N) is 2. The lowest BCUT2D eigenvalue weighted by molar-refractivity contribution is -0.121. The summed E-state index contributed by atoms with van der Waals surface area (Å²) in [5, 5.41) is 5.39. The highest BCUT2D eigenvalue weighted by atomic mass is 16.2. The molecular weight excluding hydrogens is 294 g/mol. The molecule has 1 aromatic rings. The van der Waals surface area contributed by atoms with E-state index in [1.165, 1.54) is 6.92 Å². The summed E-state index contributed by atoms with van der Waals surface area (Å²) in [6.45, 7) is 1.40. The minimum Gasteiger partial charge on any atom is -0.368 e. The van der Waals surface area contributed by atoms with Crippen molar-refractivity contribution in [3.63, 3.8) is 0 Å². The number of benzene rings is 1. The summed E-state index contributed by atoms with van der Waals surface area (Å²) in [4.78, 5) is 35.2. The highest BCUT2D eigenvalue weighted by molar-refractivity contribution is 5.99. The average molecular weight is 317 g/mol. The van der Waals surface area contributed by atoms with Gasteiger partial charge in [-0.2, -0.15) is 0 Å². The molecule has 4 N–H and O–H groups in total. The molecule has 1 aromatic carbocycles. The summed E-state index contributed by atoms with van der Waals surface area (Å²) in [6, 6.07) is 5.95. The second-order valence-corrected chi connectivity index (χ2v) is 6.01. The van der Waals surface area contributed by atoms with Gasteiger partial charge in [0.05, 0.1) is 0 Å². The van der Waals surface area contributed by atoms with Crippen molar-refractivity contribution >= 4 is 23.4 Å². The van der Waals surface area contributed by atoms with Gasteiger partial charge in [0, 0.05) is 18.2 Å². The zero-order chi connectivity index (χ0) is 16.8. The Hall–Kier alpha value is -2.37. The first-order valence-electron chi connectivity index (χ1n) is 7.95. The topological polar surface area (TPSA) is 101 Å². The molecule has 0 saturated heterocycles. The zero-order valence-corrected chi connectivity index (χ0v) is 13.3. The van der Waals surface area contributed by atoms with E-state index in [0.29, 0.717) is 11.3 Å². The van der Waals surface area contributed by atoms with Crippen LogP contribution in [0.25, 0.3) is 0 Å². The minimum atomic E-state index is -0.646. The third-order valence-corrected chi connectivity index (χ3v) is 4.16. The van der Waals surface area contributed by atoms with E-state index in [1.807, 2.05) is 0 Å². The molecule has 0 radical (unpaired) electrons. The van der Waals surface area contributed by atoms with Crippen molar-refractivity contribution < 1.29 is 14.4 Å². The summed E-state index contributed by atoms with van der Waals surface area (Å²) in [5.41, 5.74) is 6.41. The summed E-state index contributed by atoms with van der Waals surface area (Å²) in [5.74, 6) is -0.960. The average Bonchev–Trinajstić information content (AvgIpc) is 2.52. The number of amides is 3. The first-order chi connectivity index (χ1) is 11.0. The molecule has 0 heterocycles. The first kappa shape index (κ1) is 17.0. The van der Waals surface area contributed by atoms with E-state index in [9.17, 15) is 14.4 Å². The highest BCUT2D eigenvalue weighted by Crippen LogP contribution is 2.26. The van der Waals surface area contributed by atoms with Crippen molar-refractivity contribution in [2.75, 3.05) is 5.32 Å². The molecule has 0 aromatic heterocycles. The molecule has 1 fully saturated rings. The van der Waals surface area contributed by atoms with Gasteiger partial charge in [0.15, 0.2) is 0 Å². The fourth-order valence-electron chi connectivity index (χ4n) is 3.05. The number of primary amides is 1. The van der Waals surface area contributed by atoms with E-state index in [1.54, 1.807) is 24.3 Å². The first-order valence-corrected chi connectivity index (χ1v) is 7.95. The van der Waals surface area contributed by atoms with Crippen LogP contribution in [0.2, 0.25) is 0 Å². The van der Waals surface area contributed by atoms with Crippen molar-refractivity contribution in [1.29, 1.82) is 0 Å². The van der Waals surface area contributed by atoms with E-state index in [0.717, 1.165) is 32.1 Å². The van der Waals surface area contributed by atoms with Crippen LogP contribution in [0.4, 0.5) is 5.69 Å². The molecular formula is C17H23N3O3.